The van der Waals surface area contributed by atoms with Gasteiger partial charge in [0.25, 0.3) is 5.91 Å². The van der Waals surface area contributed by atoms with Crippen molar-refractivity contribution in [3.63, 3.8) is 0 Å². The topological polar surface area (TPSA) is 79.4 Å². The van der Waals surface area contributed by atoms with Crippen molar-refractivity contribution >= 4 is 46.0 Å². The number of fused-ring (bicyclic) bond motifs is 1. The van der Waals surface area contributed by atoms with Gasteiger partial charge in [0.2, 0.25) is 5.78 Å². The lowest BCUT2D eigenvalue weighted by atomic mass is 10.0. The number of rotatable bonds is 4. The number of pyridine rings is 1. The maximum absolute atomic E-state index is 13.5. The highest BCUT2D eigenvalue weighted by molar-refractivity contribution is 7.91. The first kappa shape index (κ1) is 21.9. The summed E-state index contributed by atoms with van der Waals surface area (Å²) < 4.78 is 27.8. The molecule has 0 bridgehead atoms. The van der Waals surface area contributed by atoms with Gasteiger partial charge in [-0.15, -0.1) is 0 Å². The average Bonchev–Trinajstić information content (AvgIpc) is 2.81. The molecular formula is C23H17ClFN3O3S. The Morgan fingerprint density at radius 1 is 1.19 bits per heavy atom. The molecule has 1 aliphatic heterocycles. The lowest BCUT2D eigenvalue weighted by molar-refractivity contribution is 0.0951. The van der Waals surface area contributed by atoms with E-state index in [0.717, 1.165) is 5.56 Å². The molecule has 32 heavy (non-hydrogen) atoms. The minimum atomic E-state index is -1.77. The van der Waals surface area contributed by atoms with Crippen LogP contribution in [0, 0.1) is 5.82 Å². The summed E-state index contributed by atoms with van der Waals surface area (Å²) in [6.45, 7) is 0.312. The van der Waals surface area contributed by atoms with E-state index in [9.17, 15) is 18.2 Å². The van der Waals surface area contributed by atoms with Gasteiger partial charge < -0.3 is 5.32 Å². The third-order valence-corrected chi connectivity index (χ3v) is 6.61. The van der Waals surface area contributed by atoms with E-state index >= 15 is 0 Å². The molecule has 162 valence electrons. The van der Waals surface area contributed by atoms with Gasteiger partial charge in [-0.1, -0.05) is 17.7 Å². The Morgan fingerprint density at radius 3 is 2.66 bits per heavy atom. The van der Waals surface area contributed by atoms with Gasteiger partial charge in [-0.25, -0.2) is 8.60 Å². The summed E-state index contributed by atoms with van der Waals surface area (Å²) in [6, 6.07) is 12.2. The minimum Gasteiger partial charge on any atom is -0.348 e. The summed E-state index contributed by atoms with van der Waals surface area (Å²) in [5, 5.41) is 2.70. The molecule has 0 fully saturated rings. The number of benzene rings is 2. The molecule has 3 aromatic rings. The first-order valence-electron chi connectivity index (χ1n) is 9.53. The van der Waals surface area contributed by atoms with Crippen LogP contribution < -0.4 is 9.62 Å². The molecule has 1 atom stereocenters. The van der Waals surface area contributed by atoms with Crippen molar-refractivity contribution < 1.29 is 18.2 Å². The third kappa shape index (κ3) is 4.32. The summed E-state index contributed by atoms with van der Waals surface area (Å²) >= 11 is 5.82. The van der Waals surface area contributed by atoms with Crippen LogP contribution in [0.1, 0.15) is 31.8 Å². The second-order valence-corrected chi connectivity index (χ2v) is 8.92. The van der Waals surface area contributed by atoms with Crippen LogP contribution in [0.15, 0.2) is 65.8 Å². The zero-order valence-corrected chi connectivity index (χ0v) is 18.4. The minimum absolute atomic E-state index is 0.0111. The fourth-order valence-corrected chi connectivity index (χ4v) is 4.56. The molecule has 0 saturated heterocycles. The zero-order chi connectivity index (χ0) is 22.8. The summed E-state index contributed by atoms with van der Waals surface area (Å²) in [4.78, 5) is 29.7. The van der Waals surface area contributed by atoms with Crippen LogP contribution in [0.2, 0.25) is 5.02 Å². The van der Waals surface area contributed by atoms with Crippen LogP contribution in [0.4, 0.5) is 10.1 Å². The monoisotopic (exact) mass is 469 g/mol. The molecule has 0 aliphatic carbocycles. The number of nitrogens with one attached hydrogen (secondary N) is 1. The standard InChI is InChI=1S/C23H17ClFN3O3S/c1-28-20-5-3-16(23(30)27-13-14-6-8-26-9-7-14)12-17(20)22(29)21(32(28)31)11-15-2-4-19(25)18(24)10-15/h2-12H,13H2,1H3,(H,27,30)/b21-11-. The normalized spacial score (nSPS) is 16.7. The van der Waals surface area contributed by atoms with Crippen LogP contribution in [-0.2, 0) is 17.5 Å². The largest absolute Gasteiger partial charge is 0.348 e. The molecule has 6 nitrogen and oxygen atoms in total. The Bertz CT molecular complexity index is 1280. The second-order valence-electron chi connectivity index (χ2n) is 7.03. The smallest absolute Gasteiger partial charge is 0.251 e. The quantitative estimate of drug-likeness (QED) is 0.582. The van der Waals surface area contributed by atoms with Gasteiger partial charge in [0.15, 0.2) is 11.0 Å². The molecule has 2 heterocycles. The van der Waals surface area contributed by atoms with Crippen molar-refractivity contribution in [2.24, 2.45) is 0 Å². The first-order chi connectivity index (χ1) is 15.3. The van der Waals surface area contributed by atoms with E-state index in [0.29, 0.717) is 23.4 Å². The van der Waals surface area contributed by atoms with Crippen LogP contribution in [0.25, 0.3) is 6.08 Å². The van der Waals surface area contributed by atoms with Gasteiger partial charge in [-0.3, -0.25) is 18.9 Å². The second kappa shape index (κ2) is 9.02. The fourth-order valence-electron chi connectivity index (χ4n) is 3.24. The van der Waals surface area contributed by atoms with E-state index in [-0.39, 0.29) is 21.4 Å². The Labute approximate surface area is 191 Å². The Hall–Kier alpha value is -3.36. The highest BCUT2D eigenvalue weighted by Gasteiger charge is 2.32. The van der Waals surface area contributed by atoms with Gasteiger partial charge in [-0.05, 0) is 59.7 Å². The highest BCUT2D eigenvalue weighted by atomic mass is 35.5. The van der Waals surface area contributed by atoms with Crippen molar-refractivity contribution in [1.29, 1.82) is 0 Å². The number of carbonyl (C=O) groups excluding carboxylic acids is 2. The van der Waals surface area contributed by atoms with Gasteiger partial charge in [0, 0.05) is 37.1 Å². The predicted molar refractivity (Wildman–Crippen MR) is 122 cm³/mol. The molecule has 9 heteroatoms. The van der Waals surface area contributed by atoms with Crippen molar-refractivity contribution in [3.05, 3.63) is 98.9 Å². The van der Waals surface area contributed by atoms with Crippen molar-refractivity contribution in [3.8, 4) is 0 Å². The zero-order valence-electron chi connectivity index (χ0n) is 16.8. The number of anilines is 1. The summed E-state index contributed by atoms with van der Waals surface area (Å²) in [5.41, 5.74) is 2.34. The number of hydrogen-bond donors (Lipinski definition) is 1. The van der Waals surface area contributed by atoms with Crippen molar-refractivity contribution in [1.82, 2.24) is 10.3 Å². The number of halogens is 2. The number of Topliss-reactive ketones (excluding diaryl/α,β-unsaturated/α-hetero) is 1. The molecule has 1 N–H and O–H groups in total. The summed E-state index contributed by atoms with van der Waals surface area (Å²) in [7, 11) is -0.177. The third-order valence-electron chi connectivity index (χ3n) is 4.95. The molecular weight excluding hydrogens is 453 g/mol. The molecule has 4 rings (SSSR count). The summed E-state index contributed by atoms with van der Waals surface area (Å²) in [5.74, 6) is -1.40. The van der Waals surface area contributed by atoms with Crippen molar-refractivity contribution in [2.45, 2.75) is 6.54 Å². The maximum Gasteiger partial charge on any atom is 0.251 e. The number of hydrogen-bond acceptors (Lipinski definition) is 4. The Balaban J connectivity index is 1.64. The molecule has 0 radical (unpaired) electrons. The SMILES string of the molecule is CN1c2ccc(C(=O)NCc3ccncc3)cc2C(=O)/C(=C/c2ccc(F)c(Cl)c2)S1=O. The van der Waals surface area contributed by atoms with Gasteiger partial charge in [-0.2, -0.15) is 0 Å². The lowest BCUT2D eigenvalue weighted by Gasteiger charge is -2.27. The van der Waals surface area contributed by atoms with Crippen molar-refractivity contribution in [2.75, 3.05) is 11.4 Å². The molecule has 1 aliphatic rings. The van der Waals surface area contributed by atoms with Crippen LogP contribution in [0.3, 0.4) is 0 Å². The Morgan fingerprint density at radius 2 is 1.94 bits per heavy atom. The molecule has 0 saturated carbocycles. The lowest BCUT2D eigenvalue weighted by Crippen LogP contribution is -2.32. The summed E-state index contributed by atoms with van der Waals surface area (Å²) in [6.07, 6.45) is 4.69. The fraction of sp³-hybridized carbons (Fsp3) is 0.0870. The number of carbonyl (C=O) groups is 2. The molecule has 0 spiro atoms. The first-order valence-corrected chi connectivity index (χ1v) is 11.0. The Kier molecular flexibility index (Phi) is 6.16. The maximum atomic E-state index is 13.5. The van der Waals surface area contributed by atoms with Crippen LogP contribution in [-0.4, -0.2) is 27.9 Å². The molecule has 2 aromatic carbocycles. The van der Waals surface area contributed by atoms with Gasteiger partial charge in [0.1, 0.15) is 10.7 Å². The van der Waals surface area contributed by atoms with Crippen LogP contribution in [0.5, 0.6) is 0 Å². The van der Waals surface area contributed by atoms with E-state index in [4.69, 9.17) is 11.6 Å². The van der Waals surface area contributed by atoms with Crippen LogP contribution >= 0.6 is 11.6 Å². The van der Waals surface area contributed by atoms with E-state index in [1.165, 1.54) is 34.6 Å². The number of nitrogens with zero attached hydrogens (tertiary/aromatic N) is 2. The predicted octanol–water partition coefficient (Wildman–Crippen LogP) is 4.14. The van der Waals surface area contributed by atoms with Gasteiger partial charge >= 0.3 is 0 Å². The number of amides is 1. The average molecular weight is 470 g/mol. The molecule has 1 aromatic heterocycles. The van der Waals surface area contributed by atoms with E-state index in [1.54, 1.807) is 43.7 Å². The number of allylic oxidation sites excluding steroid dienone is 1. The molecule has 1 unspecified atom stereocenters. The number of aromatic nitrogens is 1. The highest BCUT2D eigenvalue weighted by Crippen LogP contribution is 2.33. The van der Waals surface area contributed by atoms with E-state index in [1.807, 2.05) is 0 Å². The van der Waals surface area contributed by atoms with E-state index in [2.05, 4.69) is 10.3 Å². The molecule has 1 amide bonds. The number of ketones is 1. The van der Waals surface area contributed by atoms with Gasteiger partial charge in [0.05, 0.1) is 10.7 Å². The van der Waals surface area contributed by atoms with E-state index < -0.39 is 22.6 Å².